The van der Waals surface area contributed by atoms with Crippen molar-refractivity contribution in [3.05, 3.63) is 82.1 Å². The van der Waals surface area contributed by atoms with Crippen molar-refractivity contribution in [2.24, 2.45) is 0 Å². The summed E-state index contributed by atoms with van der Waals surface area (Å²) in [5.74, 6) is 0.388. The van der Waals surface area contributed by atoms with Gasteiger partial charge in [-0.15, -0.1) is 0 Å². The van der Waals surface area contributed by atoms with Crippen molar-refractivity contribution in [3.8, 4) is 16.9 Å². The molecule has 5 heteroatoms. The molecule has 0 radical (unpaired) electrons. The lowest BCUT2D eigenvalue weighted by atomic mass is 9.97. The van der Waals surface area contributed by atoms with Gasteiger partial charge in [-0.2, -0.15) is 0 Å². The van der Waals surface area contributed by atoms with Crippen LogP contribution in [0.2, 0.25) is 0 Å². The Bertz CT molecular complexity index is 939. The number of hydrogen-bond acceptors (Lipinski definition) is 4. The third kappa shape index (κ3) is 4.55. The van der Waals surface area contributed by atoms with Crippen molar-refractivity contribution in [3.63, 3.8) is 0 Å². The fraction of sp³-hybridized carbons (Fsp3) is 0.182. The molecule has 0 bridgehead atoms. The Kier molecular flexibility index (Phi) is 6.24. The highest BCUT2D eigenvalue weighted by Crippen LogP contribution is 2.35. The van der Waals surface area contributed by atoms with Gasteiger partial charge in [0, 0.05) is 16.2 Å². The maximum absolute atomic E-state index is 11.5. The van der Waals surface area contributed by atoms with Gasteiger partial charge < -0.3 is 9.47 Å². The van der Waals surface area contributed by atoms with Crippen molar-refractivity contribution >= 4 is 21.9 Å². The second kappa shape index (κ2) is 8.82. The standard InChI is InChI=1S/C22H20BrNO3/c1-3-15-6-4-5-7-19(15)20-12-17(23)9-11-21(20)27-14-18-10-8-16(13-24-18)22(25)26-2/h4-13H,3,14H2,1-2H3. The SMILES string of the molecule is CCc1ccccc1-c1cc(Br)ccc1OCc1ccc(C(=O)OC)cn1. The van der Waals surface area contributed by atoms with Crippen LogP contribution in [0.5, 0.6) is 5.75 Å². The lowest BCUT2D eigenvalue weighted by molar-refractivity contribution is 0.0600. The van der Waals surface area contributed by atoms with Crippen LogP contribution in [-0.2, 0) is 17.8 Å². The van der Waals surface area contributed by atoms with Gasteiger partial charge in [-0.1, -0.05) is 47.1 Å². The highest BCUT2D eigenvalue weighted by atomic mass is 79.9. The summed E-state index contributed by atoms with van der Waals surface area (Å²) in [4.78, 5) is 15.8. The van der Waals surface area contributed by atoms with E-state index in [9.17, 15) is 4.79 Å². The van der Waals surface area contributed by atoms with Gasteiger partial charge in [0.05, 0.1) is 18.4 Å². The van der Waals surface area contributed by atoms with E-state index >= 15 is 0 Å². The van der Waals surface area contributed by atoms with Gasteiger partial charge in [-0.3, -0.25) is 4.98 Å². The van der Waals surface area contributed by atoms with Gasteiger partial charge in [-0.05, 0) is 47.9 Å². The van der Waals surface area contributed by atoms with E-state index in [4.69, 9.17) is 4.74 Å². The maximum Gasteiger partial charge on any atom is 0.339 e. The number of carbonyl (C=O) groups is 1. The second-order valence-corrected chi connectivity index (χ2v) is 6.89. The molecular weight excluding hydrogens is 406 g/mol. The zero-order chi connectivity index (χ0) is 19.2. The molecule has 2 aromatic carbocycles. The fourth-order valence-electron chi connectivity index (χ4n) is 2.83. The van der Waals surface area contributed by atoms with Gasteiger partial charge in [0.15, 0.2) is 0 Å². The van der Waals surface area contributed by atoms with Crippen molar-refractivity contribution in [1.29, 1.82) is 0 Å². The Morgan fingerprint density at radius 1 is 1.07 bits per heavy atom. The summed E-state index contributed by atoms with van der Waals surface area (Å²) >= 11 is 3.55. The summed E-state index contributed by atoms with van der Waals surface area (Å²) in [5, 5.41) is 0. The molecule has 0 fully saturated rings. The molecule has 0 amide bonds. The van der Waals surface area contributed by atoms with Crippen LogP contribution in [0.15, 0.2) is 65.3 Å². The smallest absolute Gasteiger partial charge is 0.339 e. The lowest BCUT2D eigenvalue weighted by Gasteiger charge is -2.15. The molecule has 0 atom stereocenters. The van der Waals surface area contributed by atoms with Gasteiger partial charge >= 0.3 is 5.97 Å². The molecule has 0 unspecified atom stereocenters. The maximum atomic E-state index is 11.5. The third-order valence-electron chi connectivity index (χ3n) is 4.25. The first kappa shape index (κ1) is 19.1. The zero-order valence-electron chi connectivity index (χ0n) is 15.2. The minimum Gasteiger partial charge on any atom is -0.487 e. The van der Waals surface area contributed by atoms with E-state index in [1.54, 1.807) is 12.1 Å². The molecule has 3 rings (SSSR count). The number of esters is 1. The van der Waals surface area contributed by atoms with Crippen LogP contribution in [0.25, 0.3) is 11.1 Å². The Hall–Kier alpha value is -2.66. The van der Waals surface area contributed by atoms with Crippen molar-refractivity contribution in [2.75, 3.05) is 7.11 Å². The van der Waals surface area contributed by atoms with Gasteiger partial charge in [-0.25, -0.2) is 4.79 Å². The highest BCUT2D eigenvalue weighted by molar-refractivity contribution is 9.10. The number of carbonyl (C=O) groups excluding carboxylic acids is 1. The minimum atomic E-state index is -0.402. The van der Waals surface area contributed by atoms with Crippen LogP contribution < -0.4 is 4.74 Å². The van der Waals surface area contributed by atoms with Crippen LogP contribution >= 0.6 is 15.9 Å². The van der Waals surface area contributed by atoms with E-state index < -0.39 is 5.97 Å². The van der Waals surface area contributed by atoms with Crippen LogP contribution in [0.4, 0.5) is 0 Å². The molecule has 0 saturated carbocycles. The van der Waals surface area contributed by atoms with Crippen molar-refractivity contribution in [1.82, 2.24) is 4.98 Å². The first-order valence-corrected chi connectivity index (χ1v) is 9.45. The molecule has 0 saturated heterocycles. The largest absolute Gasteiger partial charge is 0.487 e. The molecule has 138 valence electrons. The number of rotatable bonds is 6. The Morgan fingerprint density at radius 2 is 1.89 bits per heavy atom. The highest BCUT2D eigenvalue weighted by Gasteiger charge is 2.12. The van der Waals surface area contributed by atoms with E-state index in [0.29, 0.717) is 12.2 Å². The third-order valence-corrected chi connectivity index (χ3v) is 4.74. The normalized spacial score (nSPS) is 10.5. The van der Waals surface area contributed by atoms with Crippen LogP contribution in [0, 0.1) is 0 Å². The molecule has 0 aliphatic carbocycles. The van der Waals surface area contributed by atoms with E-state index in [0.717, 1.165) is 33.5 Å². The molecule has 0 aliphatic rings. The molecule has 27 heavy (non-hydrogen) atoms. The Balaban J connectivity index is 1.84. The number of pyridine rings is 1. The number of nitrogens with zero attached hydrogens (tertiary/aromatic N) is 1. The van der Waals surface area contributed by atoms with Gasteiger partial charge in [0.1, 0.15) is 12.4 Å². The topological polar surface area (TPSA) is 48.4 Å². The lowest BCUT2D eigenvalue weighted by Crippen LogP contribution is -2.04. The Morgan fingerprint density at radius 3 is 2.59 bits per heavy atom. The summed E-state index contributed by atoms with van der Waals surface area (Å²) in [6.45, 7) is 2.45. The van der Waals surface area contributed by atoms with E-state index in [1.807, 2.05) is 24.3 Å². The summed E-state index contributed by atoms with van der Waals surface area (Å²) in [6.07, 6.45) is 2.44. The molecule has 1 aromatic heterocycles. The second-order valence-electron chi connectivity index (χ2n) is 5.97. The number of halogens is 1. The number of aromatic nitrogens is 1. The van der Waals surface area contributed by atoms with Crippen LogP contribution in [-0.4, -0.2) is 18.1 Å². The molecule has 4 nitrogen and oxygen atoms in total. The Labute approximate surface area is 167 Å². The summed E-state index contributed by atoms with van der Waals surface area (Å²) in [6, 6.07) is 17.8. The monoisotopic (exact) mass is 425 g/mol. The first-order valence-electron chi connectivity index (χ1n) is 8.66. The zero-order valence-corrected chi connectivity index (χ0v) is 16.8. The number of hydrogen-bond donors (Lipinski definition) is 0. The molecular formula is C22H20BrNO3. The van der Waals surface area contributed by atoms with Crippen molar-refractivity contribution in [2.45, 2.75) is 20.0 Å². The summed E-state index contributed by atoms with van der Waals surface area (Å²) in [5.41, 5.74) is 4.61. The van der Waals surface area contributed by atoms with Crippen LogP contribution in [0.1, 0.15) is 28.5 Å². The predicted octanol–water partition coefficient (Wildman–Crippen LogP) is 5.44. The molecule has 0 N–H and O–H groups in total. The number of aryl methyl sites for hydroxylation is 1. The molecule has 3 aromatic rings. The fourth-order valence-corrected chi connectivity index (χ4v) is 3.19. The van der Waals surface area contributed by atoms with Gasteiger partial charge in [0.2, 0.25) is 0 Å². The quantitative estimate of drug-likeness (QED) is 0.493. The van der Waals surface area contributed by atoms with E-state index in [-0.39, 0.29) is 0 Å². The average Bonchev–Trinajstić information content (AvgIpc) is 2.72. The summed E-state index contributed by atoms with van der Waals surface area (Å²) in [7, 11) is 1.35. The van der Waals surface area contributed by atoms with Crippen molar-refractivity contribution < 1.29 is 14.3 Å². The van der Waals surface area contributed by atoms with E-state index in [1.165, 1.54) is 18.9 Å². The number of ether oxygens (including phenoxy) is 2. The average molecular weight is 426 g/mol. The minimum absolute atomic E-state index is 0.310. The first-order chi connectivity index (χ1) is 13.1. The molecule has 0 aliphatic heterocycles. The predicted molar refractivity (Wildman–Crippen MR) is 109 cm³/mol. The number of methoxy groups -OCH3 is 1. The molecule has 1 heterocycles. The summed E-state index contributed by atoms with van der Waals surface area (Å²) < 4.78 is 11.7. The van der Waals surface area contributed by atoms with Gasteiger partial charge in [0.25, 0.3) is 0 Å². The van der Waals surface area contributed by atoms with Crippen LogP contribution in [0.3, 0.4) is 0 Å². The number of benzene rings is 2. The van der Waals surface area contributed by atoms with E-state index in [2.05, 4.69) is 50.8 Å². The molecule has 0 spiro atoms.